The van der Waals surface area contributed by atoms with Crippen LogP contribution in [0.2, 0.25) is 5.04 Å². The fraction of sp³-hybridized carbons (Fsp3) is 0.359. The van der Waals surface area contributed by atoms with E-state index in [9.17, 15) is 14.7 Å². The van der Waals surface area contributed by atoms with Gasteiger partial charge in [-0.05, 0) is 46.8 Å². The standard InChI is InChI=1S/C39H45NO5SSi/c1-39(2,3)47(28-17-9-7-10-18-28,29-19-11-8-12-20-29)45-35(38-40-32-22-15-16-23-36(32)46-38)26-25-31-30(33(41)27-34(31)42)21-13-5-6-14-24-37(43)44-4/h5,7-13,15-20,22-23,25-26,30-31,33,35,41H,6,14,21,24,27H2,1-4H3/b13-5-,26-25+/t30-,31-,33+,35-/m1/s1. The average Bonchev–Trinajstić information content (AvgIpc) is 3.62. The highest BCUT2D eigenvalue weighted by Crippen LogP contribution is 2.42. The lowest BCUT2D eigenvalue weighted by Gasteiger charge is -2.44. The van der Waals surface area contributed by atoms with Crippen molar-refractivity contribution in [3.63, 3.8) is 0 Å². The predicted molar refractivity (Wildman–Crippen MR) is 192 cm³/mol. The molecule has 0 bridgehead atoms. The number of allylic oxidation sites excluding steroid dienone is 3. The minimum Gasteiger partial charge on any atom is -0.469 e. The molecule has 1 aromatic heterocycles. The van der Waals surface area contributed by atoms with Crippen LogP contribution < -0.4 is 10.4 Å². The molecule has 1 saturated carbocycles. The van der Waals surface area contributed by atoms with E-state index in [1.54, 1.807) is 11.3 Å². The average molecular weight is 668 g/mol. The van der Waals surface area contributed by atoms with Crippen LogP contribution in [-0.4, -0.2) is 43.4 Å². The lowest BCUT2D eigenvalue weighted by atomic mass is 9.90. The van der Waals surface area contributed by atoms with Crippen molar-refractivity contribution in [3.8, 4) is 0 Å². The number of aliphatic hydroxyl groups excluding tert-OH is 1. The number of aliphatic hydroxyl groups is 1. The van der Waals surface area contributed by atoms with Gasteiger partial charge in [0.15, 0.2) is 0 Å². The lowest BCUT2D eigenvalue weighted by Crippen LogP contribution is -2.66. The van der Waals surface area contributed by atoms with Crippen molar-refractivity contribution in [1.82, 2.24) is 4.98 Å². The largest absolute Gasteiger partial charge is 0.469 e. The Kier molecular flexibility index (Phi) is 11.4. The molecule has 1 fully saturated rings. The molecule has 0 aliphatic heterocycles. The third-order valence-electron chi connectivity index (χ3n) is 9.06. The van der Waals surface area contributed by atoms with Crippen LogP contribution in [0.25, 0.3) is 10.2 Å². The first kappa shape index (κ1) is 34.6. The van der Waals surface area contributed by atoms with Gasteiger partial charge in [-0.1, -0.05) is 118 Å². The Labute approximate surface area is 283 Å². The number of rotatable bonds is 13. The van der Waals surface area contributed by atoms with Gasteiger partial charge >= 0.3 is 5.97 Å². The molecular formula is C39H45NO5SSi. The molecule has 1 N–H and O–H groups in total. The van der Waals surface area contributed by atoms with Gasteiger partial charge in [-0.2, -0.15) is 0 Å². The van der Waals surface area contributed by atoms with Gasteiger partial charge in [-0.25, -0.2) is 4.98 Å². The third-order valence-corrected chi connectivity index (χ3v) is 15.2. The Morgan fingerprint density at radius 3 is 2.26 bits per heavy atom. The van der Waals surface area contributed by atoms with Crippen LogP contribution >= 0.6 is 11.3 Å². The van der Waals surface area contributed by atoms with Gasteiger partial charge in [-0.3, -0.25) is 9.59 Å². The Morgan fingerprint density at radius 1 is 1.00 bits per heavy atom. The summed E-state index contributed by atoms with van der Waals surface area (Å²) < 4.78 is 13.4. The second-order valence-corrected chi connectivity index (χ2v) is 18.5. The van der Waals surface area contributed by atoms with E-state index in [0.717, 1.165) is 21.6 Å². The van der Waals surface area contributed by atoms with Crippen molar-refractivity contribution in [1.29, 1.82) is 0 Å². The zero-order valence-corrected chi connectivity index (χ0v) is 29.5. The summed E-state index contributed by atoms with van der Waals surface area (Å²) in [6.45, 7) is 6.76. The zero-order chi connectivity index (χ0) is 33.4. The van der Waals surface area contributed by atoms with Crippen LogP contribution in [0, 0.1) is 11.8 Å². The predicted octanol–water partition coefficient (Wildman–Crippen LogP) is 7.33. The van der Waals surface area contributed by atoms with E-state index in [1.807, 2.05) is 54.6 Å². The number of para-hydroxylation sites is 1. The molecule has 3 aromatic carbocycles. The topological polar surface area (TPSA) is 85.7 Å². The molecule has 0 radical (unpaired) electrons. The van der Waals surface area contributed by atoms with Gasteiger partial charge < -0.3 is 14.3 Å². The third kappa shape index (κ3) is 7.89. The SMILES string of the molecule is COC(=O)CCC/C=C\C[C@H]1[C@@H](O)CC(=O)[C@@H]1/C=C/[C@@H](O[Si](c1ccccc1)(c1ccccc1)C(C)(C)C)c1nc2ccccc2s1. The second kappa shape index (κ2) is 15.5. The fourth-order valence-electron chi connectivity index (χ4n) is 6.65. The summed E-state index contributed by atoms with van der Waals surface area (Å²) in [5, 5.41) is 13.8. The number of methoxy groups -OCH3 is 1. The molecule has 0 unspecified atom stereocenters. The second-order valence-electron chi connectivity index (χ2n) is 13.2. The first-order valence-electron chi connectivity index (χ1n) is 16.4. The van der Waals surface area contributed by atoms with Crippen LogP contribution in [0.5, 0.6) is 0 Å². The maximum Gasteiger partial charge on any atom is 0.305 e. The van der Waals surface area contributed by atoms with Crippen LogP contribution in [0.1, 0.15) is 64.0 Å². The summed E-state index contributed by atoms with van der Waals surface area (Å²) in [5.41, 5.74) is 0.916. The Morgan fingerprint density at radius 2 is 1.64 bits per heavy atom. The van der Waals surface area contributed by atoms with Crippen LogP contribution in [-0.2, 0) is 18.8 Å². The minimum absolute atomic E-state index is 0.0336. The molecule has 5 rings (SSSR count). The van der Waals surface area contributed by atoms with Gasteiger partial charge in [0.25, 0.3) is 8.32 Å². The van der Waals surface area contributed by atoms with Crippen molar-refractivity contribution in [2.45, 2.75) is 70.1 Å². The van der Waals surface area contributed by atoms with Gasteiger partial charge in [0.1, 0.15) is 16.9 Å². The van der Waals surface area contributed by atoms with Crippen molar-refractivity contribution in [3.05, 3.63) is 114 Å². The number of thiazole rings is 1. The van der Waals surface area contributed by atoms with Crippen LogP contribution in [0.3, 0.4) is 0 Å². The summed E-state index contributed by atoms with van der Waals surface area (Å²) in [6.07, 6.45) is 9.31. The molecular weight excluding hydrogens is 623 g/mol. The molecule has 246 valence electrons. The molecule has 6 nitrogen and oxygen atoms in total. The van der Waals surface area contributed by atoms with E-state index in [0.29, 0.717) is 19.3 Å². The first-order valence-corrected chi connectivity index (χ1v) is 19.1. The van der Waals surface area contributed by atoms with Gasteiger partial charge in [0.2, 0.25) is 0 Å². The number of hydrogen-bond acceptors (Lipinski definition) is 7. The number of hydrogen-bond donors (Lipinski definition) is 1. The van der Waals surface area contributed by atoms with E-state index < -0.39 is 26.4 Å². The monoisotopic (exact) mass is 667 g/mol. The first-order chi connectivity index (χ1) is 22.6. The molecule has 0 spiro atoms. The number of ether oxygens (including phenoxy) is 1. The number of esters is 1. The number of ketones is 1. The summed E-state index contributed by atoms with van der Waals surface area (Å²) in [4.78, 5) is 29.8. The van der Waals surface area contributed by atoms with E-state index in [-0.39, 0.29) is 29.1 Å². The Bertz CT molecular complexity index is 1620. The van der Waals surface area contributed by atoms with E-state index in [2.05, 4.69) is 75.4 Å². The Balaban J connectivity index is 1.52. The highest BCUT2D eigenvalue weighted by Gasteiger charge is 2.52. The van der Waals surface area contributed by atoms with E-state index >= 15 is 0 Å². The van der Waals surface area contributed by atoms with Gasteiger partial charge in [0, 0.05) is 24.7 Å². The van der Waals surface area contributed by atoms with Crippen molar-refractivity contribution in [2.75, 3.05) is 7.11 Å². The van der Waals surface area contributed by atoms with E-state index in [1.165, 1.54) is 17.5 Å². The number of benzene rings is 3. The quantitative estimate of drug-likeness (QED) is 0.0696. The number of aromatic nitrogens is 1. The van der Waals surface area contributed by atoms with Crippen molar-refractivity contribution in [2.24, 2.45) is 11.8 Å². The molecule has 0 amide bonds. The summed E-state index contributed by atoms with van der Waals surface area (Å²) in [7, 11) is -1.58. The number of nitrogens with zero attached hydrogens (tertiary/aromatic N) is 1. The Hall–Kier alpha value is -3.69. The molecule has 47 heavy (non-hydrogen) atoms. The summed E-state index contributed by atoms with van der Waals surface area (Å²) >= 11 is 1.61. The van der Waals surface area contributed by atoms with Gasteiger partial charge in [0.05, 0.1) is 23.4 Å². The summed E-state index contributed by atoms with van der Waals surface area (Å²) in [6, 6.07) is 29.2. The molecule has 8 heteroatoms. The molecule has 4 atom stereocenters. The molecule has 1 heterocycles. The van der Waals surface area contributed by atoms with Gasteiger partial charge in [-0.15, -0.1) is 11.3 Å². The maximum atomic E-state index is 13.3. The van der Waals surface area contributed by atoms with Crippen LogP contribution in [0.15, 0.2) is 109 Å². The highest BCUT2D eigenvalue weighted by molar-refractivity contribution is 7.18. The van der Waals surface area contributed by atoms with E-state index in [4.69, 9.17) is 14.1 Å². The van der Waals surface area contributed by atoms with Crippen molar-refractivity contribution < 1.29 is 23.9 Å². The number of fused-ring (bicyclic) bond motifs is 1. The number of carbonyl (C=O) groups is 2. The molecule has 1 aliphatic rings. The fourth-order valence-corrected chi connectivity index (χ4v) is 12.3. The number of unbranched alkanes of at least 4 members (excludes halogenated alkanes) is 1. The molecule has 4 aromatic rings. The maximum absolute atomic E-state index is 13.3. The molecule has 1 aliphatic carbocycles. The lowest BCUT2D eigenvalue weighted by molar-refractivity contribution is -0.140. The number of Topliss-reactive ketones (excluding diaryl/α,β-unsaturated/α-hetero) is 1. The minimum atomic E-state index is -2.98. The number of carbonyl (C=O) groups excluding carboxylic acids is 2. The van der Waals surface area contributed by atoms with Crippen molar-refractivity contribution >= 4 is 52.0 Å². The highest BCUT2D eigenvalue weighted by atomic mass is 32.1. The summed E-state index contributed by atoms with van der Waals surface area (Å²) in [5.74, 6) is -0.862. The van der Waals surface area contributed by atoms with Crippen LogP contribution in [0.4, 0.5) is 0 Å². The molecule has 0 saturated heterocycles. The normalized spacial score (nSPS) is 19.6. The smallest absolute Gasteiger partial charge is 0.305 e. The zero-order valence-electron chi connectivity index (χ0n) is 27.7.